The lowest BCUT2D eigenvalue weighted by atomic mass is 10.1. The maximum atomic E-state index is 12.6. The van der Waals surface area contributed by atoms with E-state index in [9.17, 15) is 9.59 Å². The third kappa shape index (κ3) is 34.4. The Morgan fingerprint density at radius 3 is 1.48 bits per heavy atom. The minimum absolute atomic E-state index is 0.0684. The molecular weight excluding hydrogens is 544 g/mol. The quantitative estimate of drug-likeness (QED) is 0.0454. The molecule has 0 radical (unpaired) electrons. The van der Waals surface area contributed by atoms with E-state index in [0.29, 0.717) is 6.42 Å². The van der Waals surface area contributed by atoms with Gasteiger partial charge in [-0.1, -0.05) is 140 Å². The Kier molecular flexibility index (Phi) is 33.7. The van der Waals surface area contributed by atoms with Crippen molar-refractivity contribution in [3.05, 3.63) is 48.6 Å². The number of carboxylic acid groups (broad SMARTS) is 1. The van der Waals surface area contributed by atoms with Gasteiger partial charge in [-0.2, -0.15) is 0 Å². The molecule has 254 valence electrons. The summed E-state index contributed by atoms with van der Waals surface area (Å²) in [6.45, 7) is 4.50. The Balaban J connectivity index is 4.15. The number of carbonyl (C=O) groups excluding carboxylic acids is 1. The summed E-state index contributed by atoms with van der Waals surface area (Å²) in [4.78, 5) is 23.2. The third-order valence-electron chi connectivity index (χ3n) is 8.01. The highest BCUT2D eigenvalue weighted by Gasteiger charge is 2.11. The number of unbranched alkanes of at least 4 members (excludes halogenated alkanes) is 18. The van der Waals surface area contributed by atoms with Crippen molar-refractivity contribution < 1.29 is 19.4 Å². The van der Waals surface area contributed by atoms with Crippen molar-refractivity contribution >= 4 is 11.9 Å². The van der Waals surface area contributed by atoms with Gasteiger partial charge in [-0.3, -0.25) is 9.59 Å². The van der Waals surface area contributed by atoms with Gasteiger partial charge in [0.15, 0.2) is 0 Å². The van der Waals surface area contributed by atoms with Crippen molar-refractivity contribution in [2.45, 2.75) is 193 Å². The van der Waals surface area contributed by atoms with Crippen LogP contribution in [0.3, 0.4) is 0 Å². The number of carbonyl (C=O) groups is 2. The predicted molar refractivity (Wildman–Crippen MR) is 190 cm³/mol. The number of allylic oxidation sites excluding steroid dienone is 7. The van der Waals surface area contributed by atoms with E-state index in [0.717, 1.165) is 83.5 Å². The topological polar surface area (TPSA) is 63.6 Å². The maximum absolute atomic E-state index is 12.6. The van der Waals surface area contributed by atoms with Gasteiger partial charge >= 0.3 is 11.9 Å². The highest BCUT2D eigenvalue weighted by molar-refractivity contribution is 5.69. The Morgan fingerprint density at radius 2 is 0.955 bits per heavy atom. The summed E-state index contributed by atoms with van der Waals surface area (Å²) in [5.74, 6) is -0.774. The lowest BCUT2D eigenvalue weighted by Crippen LogP contribution is -2.16. The average molecular weight is 615 g/mol. The largest absolute Gasteiger partial charge is 0.481 e. The van der Waals surface area contributed by atoms with Gasteiger partial charge in [-0.25, -0.2) is 0 Å². The van der Waals surface area contributed by atoms with Crippen LogP contribution >= 0.6 is 0 Å². The van der Waals surface area contributed by atoms with Crippen LogP contribution in [0.4, 0.5) is 0 Å². The Labute approximate surface area is 272 Å². The molecule has 0 saturated heterocycles. The van der Waals surface area contributed by atoms with Crippen molar-refractivity contribution in [2.75, 3.05) is 0 Å². The maximum Gasteiger partial charge on any atom is 0.306 e. The summed E-state index contributed by atoms with van der Waals surface area (Å²) in [6, 6.07) is 0. The molecule has 1 N–H and O–H groups in total. The zero-order valence-electron chi connectivity index (χ0n) is 29.0. The molecule has 0 aromatic rings. The molecule has 0 fully saturated rings. The van der Waals surface area contributed by atoms with Gasteiger partial charge < -0.3 is 9.84 Å². The van der Waals surface area contributed by atoms with Gasteiger partial charge in [0.25, 0.3) is 0 Å². The molecule has 0 bridgehead atoms. The standard InChI is InChI=1S/C40H70O4/c1-3-5-7-9-11-13-14-15-16-17-18-19-21-23-29-33-37-40(43)44-38(34-30-26-22-20-12-10-8-6-4-2)35-31-27-24-25-28-32-36-39(41)42/h13-14,16-17,20,22,30,34,38H,3-12,15,18-19,21,23-29,31-33,35-37H2,1-2H3,(H,41,42)/b14-13-,17-16-,22-20-,34-30-. The Morgan fingerprint density at radius 1 is 0.523 bits per heavy atom. The van der Waals surface area contributed by atoms with Gasteiger partial charge in [-0.05, 0) is 83.1 Å². The third-order valence-corrected chi connectivity index (χ3v) is 8.01. The molecule has 0 spiro atoms. The van der Waals surface area contributed by atoms with E-state index < -0.39 is 5.97 Å². The number of hydrogen-bond donors (Lipinski definition) is 1. The van der Waals surface area contributed by atoms with Gasteiger partial charge in [0.1, 0.15) is 6.10 Å². The minimum atomic E-state index is -0.706. The van der Waals surface area contributed by atoms with E-state index >= 15 is 0 Å². The number of ether oxygens (including phenoxy) is 1. The van der Waals surface area contributed by atoms with E-state index in [2.05, 4.69) is 62.5 Å². The van der Waals surface area contributed by atoms with Crippen LogP contribution in [0.25, 0.3) is 0 Å². The van der Waals surface area contributed by atoms with E-state index in [4.69, 9.17) is 9.84 Å². The zero-order chi connectivity index (χ0) is 32.2. The molecule has 0 amide bonds. The fraction of sp³-hybridized carbons (Fsp3) is 0.750. The average Bonchev–Trinajstić information content (AvgIpc) is 3.01. The van der Waals surface area contributed by atoms with Gasteiger partial charge in [0.05, 0.1) is 0 Å². The van der Waals surface area contributed by atoms with Crippen LogP contribution in [-0.4, -0.2) is 23.1 Å². The first-order valence-corrected chi connectivity index (χ1v) is 18.6. The molecular formula is C40H70O4. The van der Waals surface area contributed by atoms with Crippen LogP contribution in [0.2, 0.25) is 0 Å². The molecule has 0 rings (SSSR count). The number of aliphatic carboxylic acids is 1. The van der Waals surface area contributed by atoms with Crippen LogP contribution < -0.4 is 0 Å². The second kappa shape index (κ2) is 35.4. The zero-order valence-corrected chi connectivity index (χ0v) is 29.0. The summed E-state index contributed by atoms with van der Waals surface area (Å²) in [6.07, 6.45) is 47.1. The van der Waals surface area contributed by atoms with E-state index in [1.165, 1.54) is 77.0 Å². The van der Waals surface area contributed by atoms with Crippen LogP contribution in [-0.2, 0) is 14.3 Å². The number of rotatable bonds is 33. The summed E-state index contributed by atoms with van der Waals surface area (Å²) in [5.41, 5.74) is 0. The monoisotopic (exact) mass is 615 g/mol. The molecule has 0 saturated carbocycles. The molecule has 0 aliphatic heterocycles. The van der Waals surface area contributed by atoms with Gasteiger partial charge in [-0.15, -0.1) is 0 Å². The first-order valence-electron chi connectivity index (χ1n) is 18.6. The van der Waals surface area contributed by atoms with Crippen LogP contribution in [0.5, 0.6) is 0 Å². The van der Waals surface area contributed by atoms with Crippen molar-refractivity contribution in [3.63, 3.8) is 0 Å². The second-order valence-electron chi connectivity index (χ2n) is 12.4. The number of hydrogen-bond acceptors (Lipinski definition) is 3. The summed E-state index contributed by atoms with van der Waals surface area (Å²) in [5, 5.41) is 8.76. The molecule has 4 heteroatoms. The van der Waals surface area contributed by atoms with Crippen molar-refractivity contribution in [1.29, 1.82) is 0 Å². The predicted octanol–water partition coefficient (Wildman–Crippen LogP) is 12.8. The minimum Gasteiger partial charge on any atom is -0.481 e. The molecule has 0 aliphatic rings. The number of carboxylic acids is 1. The molecule has 0 aromatic heterocycles. The van der Waals surface area contributed by atoms with Crippen LogP contribution in [0, 0.1) is 0 Å². The van der Waals surface area contributed by atoms with Gasteiger partial charge in [0.2, 0.25) is 0 Å². The van der Waals surface area contributed by atoms with Crippen LogP contribution in [0.1, 0.15) is 187 Å². The number of esters is 1. The first kappa shape index (κ1) is 41.9. The van der Waals surface area contributed by atoms with Crippen molar-refractivity contribution in [3.8, 4) is 0 Å². The molecule has 0 aromatic carbocycles. The second-order valence-corrected chi connectivity index (χ2v) is 12.4. The molecule has 0 heterocycles. The fourth-order valence-corrected chi connectivity index (χ4v) is 5.22. The lowest BCUT2D eigenvalue weighted by molar-refractivity contribution is -0.147. The highest BCUT2D eigenvalue weighted by Crippen LogP contribution is 2.15. The first-order chi connectivity index (χ1) is 21.6. The van der Waals surface area contributed by atoms with E-state index in [1.54, 1.807) is 0 Å². The SMILES string of the molecule is CCCCCC/C=C\C/C=C\CCCCCCCC(=O)OC(/C=C\C/C=C\CCCCCC)CCCCCCCCC(=O)O. The summed E-state index contributed by atoms with van der Waals surface area (Å²) in [7, 11) is 0. The fourth-order valence-electron chi connectivity index (χ4n) is 5.22. The van der Waals surface area contributed by atoms with Gasteiger partial charge in [0, 0.05) is 12.8 Å². The smallest absolute Gasteiger partial charge is 0.306 e. The van der Waals surface area contributed by atoms with E-state index in [-0.39, 0.29) is 18.5 Å². The van der Waals surface area contributed by atoms with Crippen LogP contribution in [0.15, 0.2) is 48.6 Å². The molecule has 44 heavy (non-hydrogen) atoms. The molecule has 1 atom stereocenters. The Bertz CT molecular complexity index is 748. The summed E-state index contributed by atoms with van der Waals surface area (Å²) >= 11 is 0. The molecule has 1 unspecified atom stereocenters. The Hall–Kier alpha value is -2.10. The molecule has 0 aliphatic carbocycles. The normalized spacial score (nSPS) is 12.8. The highest BCUT2D eigenvalue weighted by atomic mass is 16.5. The van der Waals surface area contributed by atoms with Crippen molar-refractivity contribution in [2.24, 2.45) is 0 Å². The molecule has 4 nitrogen and oxygen atoms in total. The lowest BCUT2D eigenvalue weighted by Gasteiger charge is -2.14. The van der Waals surface area contributed by atoms with Crippen molar-refractivity contribution in [1.82, 2.24) is 0 Å². The van der Waals surface area contributed by atoms with E-state index in [1.807, 2.05) is 0 Å². The summed E-state index contributed by atoms with van der Waals surface area (Å²) < 4.78 is 5.89.